The SMILES string of the molecule is C=CN1C(=O)CCC1CCCCC(=O)O. The molecule has 1 amide bonds. The van der Waals surface area contributed by atoms with Crippen molar-refractivity contribution in [3.05, 3.63) is 12.8 Å². The fraction of sp³-hybridized carbons (Fsp3) is 0.636. The van der Waals surface area contributed by atoms with Crippen molar-refractivity contribution < 1.29 is 14.7 Å². The van der Waals surface area contributed by atoms with E-state index in [2.05, 4.69) is 6.58 Å². The van der Waals surface area contributed by atoms with Crippen molar-refractivity contribution in [1.82, 2.24) is 4.90 Å². The Hall–Kier alpha value is -1.32. The van der Waals surface area contributed by atoms with Crippen molar-refractivity contribution in [3.63, 3.8) is 0 Å². The molecule has 1 rings (SSSR count). The van der Waals surface area contributed by atoms with E-state index >= 15 is 0 Å². The average Bonchev–Trinajstić information content (AvgIpc) is 2.53. The monoisotopic (exact) mass is 211 g/mol. The lowest BCUT2D eigenvalue weighted by molar-refractivity contribution is -0.137. The van der Waals surface area contributed by atoms with Crippen LogP contribution in [0.25, 0.3) is 0 Å². The number of likely N-dealkylation sites (tertiary alicyclic amines) is 1. The molecule has 0 aliphatic carbocycles. The first-order chi connectivity index (χ1) is 7.15. The van der Waals surface area contributed by atoms with Gasteiger partial charge in [0, 0.05) is 18.9 Å². The minimum Gasteiger partial charge on any atom is -0.481 e. The van der Waals surface area contributed by atoms with Crippen LogP contribution in [-0.4, -0.2) is 27.9 Å². The van der Waals surface area contributed by atoms with Crippen LogP contribution in [0, 0.1) is 0 Å². The van der Waals surface area contributed by atoms with Gasteiger partial charge in [0.15, 0.2) is 0 Å². The number of carboxylic acids is 1. The summed E-state index contributed by atoms with van der Waals surface area (Å²) in [5, 5.41) is 8.46. The maximum atomic E-state index is 11.3. The van der Waals surface area contributed by atoms with Crippen molar-refractivity contribution in [1.29, 1.82) is 0 Å². The maximum absolute atomic E-state index is 11.3. The molecule has 1 aliphatic heterocycles. The van der Waals surface area contributed by atoms with Crippen LogP contribution in [0.1, 0.15) is 38.5 Å². The molecule has 4 nitrogen and oxygen atoms in total. The van der Waals surface area contributed by atoms with Crippen LogP contribution in [0.4, 0.5) is 0 Å². The van der Waals surface area contributed by atoms with E-state index in [9.17, 15) is 9.59 Å². The van der Waals surface area contributed by atoms with E-state index in [4.69, 9.17) is 5.11 Å². The van der Waals surface area contributed by atoms with Gasteiger partial charge < -0.3 is 10.0 Å². The summed E-state index contributed by atoms with van der Waals surface area (Å²) >= 11 is 0. The van der Waals surface area contributed by atoms with E-state index in [0.717, 1.165) is 19.3 Å². The number of carbonyl (C=O) groups is 2. The molecule has 1 saturated heterocycles. The number of nitrogens with zero attached hydrogens (tertiary/aromatic N) is 1. The molecule has 1 N–H and O–H groups in total. The van der Waals surface area contributed by atoms with E-state index in [1.54, 1.807) is 11.1 Å². The standard InChI is InChI=1S/C11H17NO3/c1-2-12-9(7-8-10(12)13)5-3-4-6-11(14)15/h2,9H,1,3-8H2,(H,14,15). The van der Waals surface area contributed by atoms with E-state index in [0.29, 0.717) is 12.8 Å². The molecule has 0 radical (unpaired) electrons. The second-order valence-electron chi connectivity index (χ2n) is 3.82. The lowest BCUT2D eigenvalue weighted by Gasteiger charge is -2.20. The third-order valence-electron chi connectivity index (χ3n) is 2.75. The summed E-state index contributed by atoms with van der Waals surface area (Å²) in [6.07, 6.45) is 5.68. The Labute approximate surface area is 89.6 Å². The van der Waals surface area contributed by atoms with E-state index in [1.807, 2.05) is 0 Å². The highest BCUT2D eigenvalue weighted by molar-refractivity contribution is 5.79. The molecule has 1 aliphatic rings. The van der Waals surface area contributed by atoms with Crippen LogP contribution in [-0.2, 0) is 9.59 Å². The molecule has 0 saturated carbocycles. The molecule has 84 valence electrons. The Morgan fingerprint density at radius 3 is 2.93 bits per heavy atom. The fourth-order valence-electron chi connectivity index (χ4n) is 1.95. The fourth-order valence-corrected chi connectivity index (χ4v) is 1.95. The molecule has 1 atom stereocenters. The van der Waals surface area contributed by atoms with Crippen LogP contribution in [0.15, 0.2) is 12.8 Å². The van der Waals surface area contributed by atoms with Gasteiger partial charge in [-0.25, -0.2) is 0 Å². The normalized spacial score (nSPS) is 20.7. The molecule has 0 aromatic heterocycles. The topological polar surface area (TPSA) is 57.6 Å². The minimum atomic E-state index is -0.752. The molecule has 1 fully saturated rings. The smallest absolute Gasteiger partial charge is 0.303 e. The molecular formula is C11H17NO3. The second-order valence-corrected chi connectivity index (χ2v) is 3.82. The predicted octanol–water partition coefficient (Wildman–Crippen LogP) is 1.77. The van der Waals surface area contributed by atoms with Gasteiger partial charge in [-0.1, -0.05) is 13.0 Å². The van der Waals surface area contributed by atoms with Crippen LogP contribution >= 0.6 is 0 Å². The Kier molecular flexibility index (Phi) is 4.34. The lowest BCUT2D eigenvalue weighted by Crippen LogP contribution is -2.27. The molecule has 15 heavy (non-hydrogen) atoms. The summed E-state index contributed by atoms with van der Waals surface area (Å²) in [5.74, 6) is -0.619. The zero-order valence-corrected chi connectivity index (χ0v) is 8.82. The zero-order chi connectivity index (χ0) is 11.3. The van der Waals surface area contributed by atoms with Crippen LogP contribution < -0.4 is 0 Å². The van der Waals surface area contributed by atoms with Gasteiger partial charge in [-0.15, -0.1) is 0 Å². The van der Waals surface area contributed by atoms with Gasteiger partial charge in [0.2, 0.25) is 5.91 Å². The van der Waals surface area contributed by atoms with Gasteiger partial charge in [-0.05, 0) is 25.5 Å². The number of carboxylic acid groups (broad SMARTS) is 1. The number of amides is 1. The molecule has 1 heterocycles. The number of unbranched alkanes of at least 4 members (excludes halogenated alkanes) is 1. The quantitative estimate of drug-likeness (QED) is 0.681. The summed E-state index contributed by atoms with van der Waals surface area (Å²) in [4.78, 5) is 23.3. The highest BCUT2D eigenvalue weighted by Gasteiger charge is 2.28. The lowest BCUT2D eigenvalue weighted by atomic mass is 10.1. The van der Waals surface area contributed by atoms with Gasteiger partial charge in [-0.3, -0.25) is 9.59 Å². The van der Waals surface area contributed by atoms with Gasteiger partial charge in [0.05, 0.1) is 0 Å². The van der Waals surface area contributed by atoms with Crippen LogP contribution in [0.3, 0.4) is 0 Å². The van der Waals surface area contributed by atoms with Crippen molar-refractivity contribution in [2.24, 2.45) is 0 Å². The number of rotatable bonds is 6. The Bertz CT molecular complexity index is 263. The van der Waals surface area contributed by atoms with Gasteiger partial charge in [0.1, 0.15) is 0 Å². The first kappa shape index (κ1) is 11.8. The number of hydrogen-bond donors (Lipinski definition) is 1. The van der Waals surface area contributed by atoms with Gasteiger partial charge in [-0.2, -0.15) is 0 Å². The van der Waals surface area contributed by atoms with Gasteiger partial charge in [0.25, 0.3) is 0 Å². The van der Waals surface area contributed by atoms with E-state index in [-0.39, 0.29) is 18.4 Å². The summed E-state index contributed by atoms with van der Waals surface area (Å²) in [5.41, 5.74) is 0. The highest BCUT2D eigenvalue weighted by Crippen LogP contribution is 2.23. The maximum Gasteiger partial charge on any atom is 0.303 e. The highest BCUT2D eigenvalue weighted by atomic mass is 16.4. The van der Waals surface area contributed by atoms with E-state index < -0.39 is 5.97 Å². The average molecular weight is 211 g/mol. The minimum absolute atomic E-state index is 0.133. The molecule has 0 aromatic rings. The molecule has 1 unspecified atom stereocenters. The first-order valence-corrected chi connectivity index (χ1v) is 5.30. The first-order valence-electron chi connectivity index (χ1n) is 5.30. The number of hydrogen-bond acceptors (Lipinski definition) is 2. The molecule has 0 spiro atoms. The van der Waals surface area contributed by atoms with Crippen molar-refractivity contribution in [2.45, 2.75) is 44.6 Å². The zero-order valence-electron chi connectivity index (χ0n) is 8.82. The van der Waals surface area contributed by atoms with Crippen molar-refractivity contribution in [2.75, 3.05) is 0 Å². The van der Waals surface area contributed by atoms with Gasteiger partial charge >= 0.3 is 5.97 Å². The molecule has 4 heteroatoms. The molecular weight excluding hydrogens is 194 g/mol. The number of aliphatic carboxylic acids is 1. The second kappa shape index (κ2) is 5.53. The summed E-state index contributed by atoms with van der Waals surface area (Å²) in [6.45, 7) is 3.61. The Morgan fingerprint density at radius 2 is 2.33 bits per heavy atom. The number of carbonyl (C=O) groups excluding carboxylic acids is 1. The van der Waals surface area contributed by atoms with Crippen molar-refractivity contribution in [3.8, 4) is 0 Å². The largest absolute Gasteiger partial charge is 0.481 e. The summed E-state index contributed by atoms with van der Waals surface area (Å²) in [7, 11) is 0. The Balaban J connectivity index is 2.24. The molecule has 0 aromatic carbocycles. The van der Waals surface area contributed by atoms with Crippen molar-refractivity contribution >= 4 is 11.9 Å². The third-order valence-corrected chi connectivity index (χ3v) is 2.75. The summed E-state index contributed by atoms with van der Waals surface area (Å²) < 4.78 is 0. The Morgan fingerprint density at radius 1 is 1.60 bits per heavy atom. The predicted molar refractivity (Wildman–Crippen MR) is 56.2 cm³/mol. The molecule has 0 bridgehead atoms. The third kappa shape index (κ3) is 3.38. The summed E-state index contributed by atoms with van der Waals surface area (Å²) in [6, 6.07) is 0.240. The van der Waals surface area contributed by atoms with Crippen LogP contribution in [0.5, 0.6) is 0 Å². The van der Waals surface area contributed by atoms with E-state index in [1.165, 1.54) is 0 Å². The van der Waals surface area contributed by atoms with Crippen LogP contribution in [0.2, 0.25) is 0 Å².